The zero-order valence-electron chi connectivity index (χ0n) is 16.1. The normalized spacial score (nSPS) is 14.9. The number of hydrogen-bond donors (Lipinski definition) is 1. The molecule has 28 heavy (non-hydrogen) atoms. The van der Waals surface area contributed by atoms with E-state index in [2.05, 4.69) is 16.3 Å². The van der Waals surface area contributed by atoms with Crippen molar-refractivity contribution < 1.29 is 14.3 Å². The average molecular weight is 379 g/mol. The number of benzene rings is 2. The van der Waals surface area contributed by atoms with Crippen LogP contribution in [0.5, 0.6) is 11.5 Å². The van der Waals surface area contributed by atoms with E-state index in [9.17, 15) is 4.79 Å². The van der Waals surface area contributed by atoms with E-state index in [1.54, 1.807) is 31.4 Å². The lowest BCUT2D eigenvalue weighted by atomic mass is 10.0. The molecule has 0 bridgehead atoms. The van der Waals surface area contributed by atoms with Crippen molar-refractivity contribution in [2.45, 2.75) is 18.9 Å². The van der Waals surface area contributed by atoms with Gasteiger partial charge in [-0.05, 0) is 44.1 Å². The maximum atomic E-state index is 12.4. The first-order chi connectivity index (χ1) is 13.7. The Bertz CT molecular complexity index is 841. The summed E-state index contributed by atoms with van der Waals surface area (Å²) >= 11 is 0. The summed E-state index contributed by atoms with van der Waals surface area (Å²) in [6.45, 7) is 2.36. The molecule has 0 aromatic heterocycles. The van der Waals surface area contributed by atoms with Gasteiger partial charge >= 0.3 is 0 Å². The molecule has 1 aliphatic heterocycles. The molecule has 2 aromatic rings. The van der Waals surface area contributed by atoms with Gasteiger partial charge in [-0.2, -0.15) is 5.26 Å². The van der Waals surface area contributed by atoms with E-state index in [4.69, 9.17) is 14.7 Å². The Kier molecular flexibility index (Phi) is 6.88. The molecule has 1 atom stereocenters. The standard InChI is InChI=1S/C22H25N3O3/c1-27-21-11-5-3-9-18(21)19(25-12-6-7-13-25)15-24-22(26)16-28-20-10-4-2-8-17(20)14-23/h2-5,8-11,19H,6-7,12-13,15-16H2,1H3,(H,24,26). The molecule has 1 heterocycles. The quantitative estimate of drug-likeness (QED) is 0.763. The van der Waals surface area contributed by atoms with Crippen LogP contribution in [0.25, 0.3) is 0 Å². The van der Waals surface area contributed by atoms with Crippen molar-refractivity contribution in [1.82, 2.24) is 10.2 Å². The predicted molar refractivity (Wildman–Crippen MR) is 106 cm³/mol. The van der Waals surface area contributed by atoms with Crippen LogP contribution >= 0.6 is 0 Å². The van der Waals surface area contributed by atoms with Crippen LogP contribution in [-0.4, -0.2) is 44.2 Å². The molecule has 0 aliphatic carbocycles. The second-order valence-electron chi connectivity index (χ2n) is 6.70. The van der Waals surface area contributed by atoms with E-state index < -0.39 is 0 Å². The number of nitrogens with zero attached hydrogens (tertiary/aromatic N) is 2. The molecule has 2 aromatic carbocycles. The molecular weight excluding hydrogens is 354 g/mol. The Morgan fingerprint density at radius 2 is 1.82 bits per heavy atom. The van der Waals surface area contributed by atoms with Gasteiger partial charge in [-0.1, -0.05) is 30.3 Å². The summed E-state index contributed by atoms with van der Waals surface area (Å²) in [6.07, 6.45) is 2.32. The van der Waals surface area contributed by atoms with Gasteiger partial charge in [-0.25, -0.2) is 0 Å². The highest BCUT2D eigenvalue weighted by Crippen LogP contribution is 2.31. The number of amides is 1. The SMILES string of the molecule is COc1ccccc1C(CNC(=O)COc1ccccc1C#N)N1CCCC1. The lowest BCUT2D eigenvalue weighted by Crippen LogP contribution is -2.38. The number of ether oxygens (including phenoxy) is 2. The highest BCUT2D eigenvalue weighted by Gasteiger charge is 2.26. The van der Waals surface area contributed by atoms with Gasteiger partial charge in [0.25, 0.3) is 5.91 Å². The van der Waals surface area contributed by atoms with Crippen LogP contribution in [0.2, 0.25) is 0 Å². The second kappa shape index (κ2) is 9.77. The van der Waals surface area contributed by atoms with Crippen LogP contribution in [0.1, 0.15) is 30.0 Å². The fraction of sp³-hybridized carbons (Fsp3) is 0.364. The summed E-state index contributed by atoms with van der Waals surface area (Å²) in [4.78, 5) is 14.7. The number of carbonyl (C=O) groups excluding carboxylic acids is 1. The fourth-order valence-electron chi connectivity index (χ4n) is 3.52. The van der Waals surface area contributed by atoms with Gasteiger partial charge in [-0.15, -0.1) is 0 Å². The first-order valence-electron chi connectivity index (χ1n) is 9.48. The number of carbonyl (C=O) groups is 1. The van der Waals surface area contributed by atoms with E-state index in [-0.39, 0.29) is 18.6 Å². The molecule has 1 N–H and O–H groups in total. The smallest absolute Gasteiger partial charge is 0.258 e. The number of rotatable bonds is 8. The number of nitriles is 1. The summed E-state index contributed by atoms with van der Waals surface area (Å²) in [5.74, 6) is 1.03. The minimum absolute atomic E-state index is 0.0500. The zero-order valence-corrected chi connectivity index (χ0v) is 16.1. The highest BCUT2D eigenvalue weighted by atomic mass is 16.5. The monoisotopic (exact) mass is 379 g/mol. The lowest BCUT2D eigenvalue weighted by Gasteiger charge is -2.29. The summed E-state index contributed by atoms with van der Waals surface area (Å²) in [6, 6.07) is 16.9. The van der Waals surface area contributed by atoms with Crippen molar-refractivity contribution in [3.63, 3.8) is 0 Å². The number of para-hydroxylation sites is 2. The Balaban J connectivity index is 1.63. The molecule has 0 radical (unpaired) electrons. The van der Waals surface area contributed by atoms with Gasteiger partial charge in [-0.3, -0.25) is 9.69 Å². The molecule has 146 valence electrons. The van der Waals surface area contributed by atoms with Crippen LogP contribution in [0, 0.1) is 11.3 Å². The van der Waals surface area contributed by atoms with E-state index >= 15 is 0 Å². The minimum atomic E-state index is -0.216. The summed E-state index contributed by atoms with van der Waals surface area (Å²) in [5, 5.41) is 12.1. The van der Waals surface area contributed by atoms with Crippen LogP contribution in [0.15, 0.2) is 48.5 Å². The predicted octanol–water partition coefficient (Wildman–Crippen LogP) is 2.90. The minimum Gasteiger partial charge on any atom is -0.496 e. The molecule has 0 spiro atoms. The Hall–Kier alpha value is -3.04. The van der Waals surface area contributed by atoms with Gasteiger partial charge in [0.05, 0.1) is 18.7 Å². The third-order valence-electron chi connectivity index (χ3n) is 4.94. The van der Waals surface area contributed by atoms with E-state index in [0.717, 1.165) is 37.2 Å². The number of likely N-dealkylation sites (tertiary alicyclic amines) is 1. The fourth-order valence-corrected chi connectivity index (χ4v) is 3.52. The topological polar surface area (TPSA) is 74.6 Å². The van der Waals surface area contributed by atoms with Gasteiger partial charge < -0.3 is 14.8 Å². The summed E-state index contributed by atoms with van der Waals surface area (Å²) < 4.78 is 11.1. The first kappa shape index (κ1) is 19.7. The maximum Gasteiger partial charge on any atom is 0.258 e. The number of methoxy groups -OCH3 is 1. The van der Waals surface area contributed by atoms with E-state index in [1.165, 1.54) is 0 Å². The van der Waals surface area contributed by atoms with E-state index in [0.29, 0.717) is 17.9 Å². The Morgan fingerprint density at radius 3 is 2.54 bits per heavy atom. The van der Waals surface area contributed by atoms with Crippen molar-refractivity contribution in [2.24, 2.45) is 0 Å². The third-order valence-corrected chi connectivity index (χ3v) is 4.94. The van der Waals surface area contributed by atoms with Crippen molar-refractivity contribution in [1.29, 1.82) is 5.26 Å². The van der Waals surface area contributed by atoms with Crippen LogP contribution in [-0.2, 0) is 4.79 Å². The molecule has 6 nitrogen and oxygen atoms in total. The van der Waals surface area contributed by atoms with Gasteiger partial charge in [0, 0.05) is 12.1 Å². The largest absolute Gasteiger partial charge is 0.496 e. The second-order valence-corrected chi connectivity index (χ2v) is 6.70. The third kappa shape index (κ3) is 4.81. The molecule has 6 heteroatoms. The summed E-state index contributed by atoms with van der Waals surface area (Å²) in [5.41, 5.74) is 1.49. The lowest BCUT2D eigenvalue weighted by molar-refractivity contribution is -0.123. The molecule has 1 saturated heterocycles. The highest BCUT2D eigenvalue weighted by molar-refractivity contribution is 5.77. The van der Waals surface area contributed by atoms with Gasteiger partial charge in [0.1, 0.15) is 17.6 Å². The Labute approximate surface area is 165 Å². The van der Waals surface area contributed by atoms with Gasteiger partial charge in [0.15, 0.2) is 6.61 Å². The number of hydrogen-bond acceptors (Lipinski definition) is 5. The molecule has 0 saturated carbocycles. The average Bonchev–Trinajstić information content (AvgIpc) is 3.27. The zero-order chi connectivity index (χ0) is 19.8. The number of nitrogens with one attached hydrogen (secondary N) is 1. The molecule has 1 amide bonds. The maximum absolute atomic E-state index is 12.4. The van der Waals surface area contributed by atoms with Crippen molar-refractivity contribution in [2.75, 3.05) is 33.4 Å². The van der Waals surface area contributed by atoms with E-state index in [1.807, 2.05) is 24.3 Å². The van der Waals surface area contributed by atoms with Crippen LogP contribution in [0.4, 0.5) is 0 Å². The van der Waals surface area contributed by atoms with Crippen molar-refractivity contribution in [3.8, 4) is 17.6 Å². The summed E-state index contributed by atoms with van der Waals surface area (Å²) in [7, 11) is 1.67. The molecule has 1 aliphatic rings. The Morgan fingerprint density at radius 1 is 1.14 bits per heavy atom. The van der Waals surface area contributed by atoms with Crippen molar-refractivity contribution >= 4 is 5.91 Å². The van der Waals surface area contributed by atoms with Crippen LogP contribution < -0.4 is 14.8 Å². The van der Waals surface area contributed by atoms with Crippen molar-refractivity contribution in [3.05, 3.63) is 59.7 Å². The molecular formula is C22H25N3O3. The van der Waals surface area contributed by atoms with Crippen LogP contribution in [0.3, 0.4) is 0 Å². The molecule has 3 rings (SSSR count). The molecule has 1 fully saturated rings. The van der Waals surface area contributed by atoms with Gasteiger partial charge in [0.2, 0.25) is 0 Å². The first-order valence-corrected chi connectivity index (χ1v) is 9.48. The molecule has 1 unspecified atom stereocenters.